The lowest BCUT2D eigenvalue weighted by molar-refractivity contribution is -0.160. The van der Waals surface area contributed by atoms with Gasteiger partial charge in [-0.25, -0.2) is 18.6 Å². The lowest BCUT2D eigenvalue weighted by atomic mass is 9.82. The predicted octanol–water partition coefficient (Wildman–Crippen LogP) is 6.25. The molecule has 0 spiro atoms. The Morgan fingerprint density at radius 2 is 1.84 bits per heavy atom. The summed E-state index contributed by atoms with van der Waals surface area (Å²) in [5.41, 5.74) is 0.981. The molecule has 0 bridgehead atoms. The SMILES string of the molecule is CC1(C)CCN(c2c(-c3ccc(F)c(F)c3)cnc(Cl)c2[C@H](OC(C)(C)C)C(=O)O)CC1. The monoisotopic (exact) mass is 466 g/mol. The lowest BCUT2D eigenvalue weighted by Crippen LogP contribution is -2.39. The summed E-state index contributed by atoms with van der Waals surface area (Å²) in [6.07, 6.45) is 1.84. The van der Waals surface area contributed by atoms with Gasteiger partial charge >= 0.3 is 5.97 Å². The van der Waals surface area contributed by atoms with E-state index in [2.05, 4.69) is 18.8 Å². The number of ether oxygens (including phenoxy) is 1. The molecule has 1 aromatic heterocycles. The van der Waals surface area contributed by atoms with E-state index < -0.39 is 29.3 Å². The first-order valence-electron chi connectivity index (χ1n) is 10.6. The normalized spacial score (nSPS) is 17.3. The molecule has 0 unspecified atom stereocenters. The van der Waals surface area contributed by atoms with Crippen LogP contribution in [0.25, 0.3) is 11.1 Å². The van der Waals surface area contributed by atoms with Crippen molar-refractivity contribution in [2.75, 3.05) is 18.0 Å². The molecule has 1 aliphatic heterocycles. The number of pyridine rings is 1. The summed E-state index contributed by atoms with van der Waals surface area (Å²) < 4.78 is 33.6. The maximum Gasteiger partial charge on any atom is 0.337 e. The minimum absolute atomic E-state index is 0.00724. The maximum atomic E-state index is 14.1. The predicted molar refractivity (Wildman–Crippen MR) is 121 cm³/mol. The number of aromatic nitrogens is 1. The number of hydrogen-bond donors (Lipinski definition) is 1. The first-order valence-corrected chi connectivity index (χ1v) is 11.0. The van der Waals surface area contributed by atoms with E-state index in [0.717, 1.165) is 25.0 Å². The minimum Gasteiger partial charge on any atom is -0.479 e. The zero-order chi connectivity index (χ0) is 23.8. The van der Waals surface area contributed by atoms with Crippen LogP contribution in [0.5, 0.6) is 0 Å². The van der Waals surface area contributed by atoms with E-state index in [-0.39, 0.29) is 16.1 Å². The summed E-state index contributed by atoms with van der Waals surface area (Å²) >= 11 is 6.47. The molecule has 32 heavy (non-hydrogen) atoms. The van der Waals surface area contributed by atoms with Crippen molar-refractivity contribution in [1.29, 1.82) is 0 Å². The number of carbonyl (C=O) groups is 1. The first-order chi connectivity index (χ1) is 14.8. The topological polar surface area (TPSA) is 62.7 Å². The quantitative estimate of drug-likeness (QED) is 0.528. The highest BCUT2D eigenvalue weighted by molar-refractivity contribution is 6.31. The average Bonchev–Trinajstić information content (AvgIpc) is 2.68. The second-order valence-corrected chi connectivity index (χ2v) is 10.3. The Morgan fingerprint density at radius 3 is 2.38 bits per heavy atom. The Morgan fingerprint density at radius 1 is 1.22 bits per heavy atom. The van der Waals surface area contributed by atoms with Crippen LogP contribution in [0.2, 0.25) is 5.15 Å². The Balaban J connectivity index is 2.25. The van der Waals surface area contributed by atoms with Gasteiger partial charge in [0.15, 0.2) is 17.7 Å². The van der Waals surface area contributed by atoms with Crippen molar-refractivity contribution >= 4 is 23.3 Å². The van der Waals surface area contributed by atoms with E-state index in [1.807, 2.05) is 4.90 Å². The van der Waals surface area contributed by atoms with Gasteiger partial charge in [0.2, 0.25) is 0 Å². The van der Waals surface area contributed by atoms with Crippen LogP contribution in [0.3, 0.4) is 0 Å². The minimum atomic E-state index is -1.38. The van der Waals surface area contributed by atoms with E-state index >= 15 is 0 Å². The largest absolute Gasteiger partial charge is 0.479 e. The van der Waals surface area contributed by atoms with E-state index in [1.165, 1.54) is 12.3 Å². The first kappa shape index (κ1) is 24.4. The second kappa shape index (κ2) is 8.94. The summed E-state index contributed by atoms with van der Waals surface area (Å²) in [5, 5.41) is 10.0. The van der Waals surface area contributed by atoms with Gasteiger partial charge in [0.25, 0.3) is 0 Å². The molecule has 0 radical (unpaired) electrons. The molecule has 1 fully saturated rings. The van der Waals surface area contributed by atoms with Crippen LogP contribution in [0, 0.1) is 17.0 Å². The van der Waals surface area contributed by atoms with Crippen LogP contribution < -0.4 is 4.90 Å². The van der Waals surface area contributed by atoms with Gasteiger partial charge in [-0.3, -0.25) is 0 Å². The van der Waals surface area contributed by atoms with Gasteiger partial charge in [-0.2, -0.15) is 0 Å². The van der Waals surface area contributed by atoms with Crippen molar-refractivity contribution in [3.05, 3.63) is 46.7 Å². The van der Waals surface area contributed by atoms with Crippen LogP contribution in [-0.4, -0.2) is 34.8 Å². The van der Waals surface area contributed by atoms with Gasteiger partial charge in [-0.15, -0.1) is 0 Å². The summed E-state index contributed by atoms with van der Waals surface area (Å²) in [4.78, 5) is 18.5. The maximum absolute atomic E-state index is 14.1. The fourth-order valence-electron chi connectivity index (χ4n) is 3.86. The smallest absolute Gasteiger partial charge is 0.337 e. The number of carboxylic acids is 1. The molecule has 8 heteroatoms. The van der Waals surface area contributed by atoms with Crippen LogP contribution in [0.4, 0.5) is 14.5 Å². The van der Waals surface area contributed by atoms with Crippen LogP contribution in [0.1, 0.15) is 59.1 Å². The molecule has 0 aliphatic carbocycles. The fourth-order valence-corrected chi connectivity index (χ4v) is 4.10. The van der Waals surface area contributed by atoms with E-state index in [9.17, 15) is 18.7 Å². The molecule has 0 amide bonds. The molecule has 2 aromatic rings. The molecule has 1 atom stereocenters. The highest BCUT2D eigenvalue weighted by atomic mass is 35.5. The van der Waals surface area contributed by atoms with Crippen molar-refractivity contribution < 1.29 is 23.4 Å². The molecule has 1 aromatic carbocycles. The molecule has 5 nitrogen and oxygen atoms in total. The number of nitrogens with zero attached hydrogens (tertiary/aromatic N) is 2. The van der Waals surface area contributed by atoms with Gasteiger partial charge in [-0.1, -0.05) is 31.5 Å². The fraction of sp³-hybridized carbons (Fsp3) is 0.500. The van der Waals surface area contributed by atoms with Gasteiger partial charge in [-0.05, 0) is 56.7 Å². The number of carboxylic acid groups (broad SMARTS) is 1. The zero-order valence-electron chi connectivity index (χ0n) is 19.0. The van der Waals surface area contributed by atoms with Crippen molar-refractivity contribution in [1.82, 2.24) is 4.98 Å². The molecular formula is C24H29ClF2N2O3. The van der Waals surface area contributed by atoms with Crippen molar-refractivity contribution in [3.63, 3.8) is 0 Å². The zero-order valence-corrected chi connectivity index (χ0v) is 19.8. The number of hydrogen-bond acceptors (Lipinski definition) is 4. The summed E-state index contributed by atoms with van der Waals surface area (Å²) in [5.74, 6) is -3.16. The summed E-state index contributed by atoms with van der Waals surface area (Å²) in [6, 6.07) is 3.58. The third kappa shape index (κ3) is 5.38. The Bertz CT molecular complexity index is 1010. The van der Waals surface area contributed by atoms with E-state index in [4.69, 9.17) is 16.3 Å². The van der Waals surface area contributed by atoms with Crippen molar-refractivity contribution in [2.24, 2.45) is 5.41 Å². The molecule has 3 rings (SSSR count). The van der Waals surface area contributed by atoms with E-state index in [0.29, 0.717) is 29.9 Å². The number of benzene rings is 1. The molecule has 1 aliphatic rings. The highest BCUT2D eigenvalue weighted by Gasteiger charge is 2.36. The Hall–Kier alpha value is -2.25. The van der Waals surface area contributed by atoms with Crippen LogP contribution in [0.15, 0.2) is 24.4 Å². The average molecular weight is 467 g/mol. The number of anilines is 1. The number of rotatable bonds is 5. The standard InChI is InChI=1S/C24H29ClF2N2O3/c1-23(2,3)32-20(22(30)31)18-19(29-10-8-24(4,5)9-11-29)15(13-28-21(18)25)14-6-7-16(26)17(27)12-14/h6-7,12-13,20H,8-11H2,1-5H3,(H,30,31)/t20-/m0/s1. The highest BCUT2D eigenvalue weighted by Crippen LogP contribution is 2.44. The van der Waals surface area contributed by atoms with Gasteiger partial charge in [0, 0.05) is 24.8 Å². The summed E-state index contributed by atoms with van der Waals surface area (Å²) in [7, 11) is 0. The van der Waals surface area contributed by atoms with Gasteiger partial charge < -0.3 is 14.7 Å². The Labute approximate surface area is 192 Å². The Kier molecular flexibility index (Phi) is 6.82. The van der Waals surface area contributed by atoms with Crippen LogP contribution in [-0.2, 0) is 9.53 Å². The molecule has 174 valence electrons. The van der Waals surface area contributed by atoms with Crippen LogP contribution >= 0.6 is 11.6 Å². The van der Waals surface area contributed by atoms with Gasteiger partial charge in [0.05, 0.1) is 16.9 Å². The molecule has 1 saturated heterocycles. The lowest BCUT2D eigenvalue weighted by Gasteiger charge is -2.40. The number of aliphatic carboxylic acids is 1. The van der Waals surface area contributed by atoms with Crippen molar-refractivity contribution in [2.45, 2.75) is 59.2 Å². The number of piperidine rings is 1. The number of halogens is 3. The van der Waals surface area contributed by atoms with Crippen molar-refractivity contribution in [3.8, 4) is 11.1 Å². The second-order valence-electron chi connectivity index (χ2n) is 9.95. The van der Waals surface area contributed by atoms with Gasteiger partial charge in [0.1, 0.15) is 5.15 Å². The molecule has 2 heterocycles. The third-order valence-corrected chi connectivity index (χ3v) is 5.96. The molecule has 0 saturated carbocycles. The third-order valence-electron chi connectivity index (χ3n) is 5.66. The molecular weight excluding hydrogens is 438 g/mol. The molecule has 1 N–H and O–H groups in total. The van der Waals surface area contributed by atoms with E-state index in [1.54, 1.807) is 20.8 Å². The summed E-state index contributed by atoms with van der Waals surface area (Å²) in [6.45, 7) is 10.9.